The van der Waals surface area contributed by atoms with Crippen LogP contribution in [0.1, 0.15) is 27.7 Å². The maximum atomic E-state index is 12.5. The fourth-order valence-electron chi connectivity index (χ4n) is 2.45. The average Bonchev–Trinajstić information content (AvgIpc) is 2.52. The average molecular weight is 343 g/mol. The Bertz CT molecular complexity index is 536. The summed E-state index contributed by atoms with van der Waals surface area (Å²) in [6.45, 7) is 7.87. The van der Waals surface area contributed by atoms with Crippen molar-refractivity contribution < 1.29 is 14.3 Å². The summed E-state index contributed by atoms with van der Waals surface area (Å²) in [4.78, 5) is 14.1. The van der Waals surface area contributed by atoms with Gasteiger partial charge < -0.3 is 14.8 Å². The van der Waals surface area contributed by atoms with Crippen molar-refractivity contribution >= 4 is 17.6 Å². The van der Waals surface area contributed by atoms with Crippen molar-refractivity contribution in [1.29, 1.82) is 0 Å². The van der Waals surface area contributed by atoms with Gasteiger partial charge in [0.25, 0.3) is 0 Å². The van der Waals surface area contributed by atoms with Gasteiger partial charge in [-0.3, -0.25) is 4.90 Å². The molecule has 1 N–H and O–H groups in total. The van der Waals surface area contributed by atoms with E-state index >= 15 is 0 Å². The van der Waals surface area contributed by atoms with E-state index in [9.17, 15) is 4.79 Å². The predicted octanol–water partition coefficient (Wildman–Crippen LogP) is 3.42. The normalized spacial score (nSPS) is 21.9. The van der Waals surface area contributed by atoms with Gasteiger partial charge in [0.05, 0.1) is 11.5 Å². The van der Waals surface area contributed by atoms with Crippen LogP contribution in [0.25, 0.3) is 0 Å². The lowest BCUT2D eigenvalue weighted by molar-refractivity contribution is 0.0346. The van der Waals surface area contributed by atoms with Crippen LogP contribution < -0.4 is 5.32 Å². The fourth-order valence-corrected chi connectivity index (χ4v) is 2.82. The molecule has 0 saturated heterocycles. The smallest absolute Gasteiger partial charge is 0.324 e. The Morgan fingerprint density at radius 1 is 1.30 bits per heavy atom. The van der Waals surface area contributed by atoms with Crippen molar-refractivity contribution in [1.82, 2.24) is 10.2 Å². The number of urea groups is 1. The van der Waals surface area contributed by atoms with E-state index in [0.29, 0.717) is 0 Å². The Balaban J connectivity index is 3.39. The van der Waals surface area contributed by atoms with Gasteiger partial charge in [-0.05, 0) is 44.9 Å². The van der Waals surface area contributed by atoms with E-state index in [1.54, 1.807) is 26.2 Å². The summed E-state index contributed by atoms with van der Waals surface area (Å²) in [5.41, 5.74) is 3.72. The molecular weight excluding hydrogens is 316 g/mol. The van der Waals surface area contributed by atoms with E-state index in [4.69, 9.17) is 21.1 Å². The minimum atomic E-state index is -0.501. The summed E-state index contributed by atoms with van der Waals surface area (Å²) in [5.74, 6) is 0. The van der Waals surface area contributed by atoms with Gasteiger partial charge in [0.2, 0.25) is 0 Å². The predicted molar refractivity (Wildman–Crippen MR) is 93.4 cm³/mol. The van der Waals surface area contributed by atoms with Crippen molar-refractivity contribution in [3.8, 4) is 0 Å². The van der Waals surface area contributed by atoms with E-state index in [1.165, 1.54) is 0 Å². The van der Waals surface area contributed by atoms with Crippen molar-refractivity contribution in [2.24, 2.45) is 0 Å². The van der Waals surface area contributed by atoms with E-state index in [2.05, 4.69) is 5.32 Å². The van der Waals surface area contributed by atoms with Crippen molar-refractivity contribution in [2.45, 2.75) is 45.4 Å². The number of rotatable bonds is 5. The molecule has 0 aliphatic heterocycles. The molecular formula is C17H27ClN2O3. The maximum absolute atomic E-state index is 12.5. The molecule has 130 valence electrons. The first-order valence-electron chi connectivity index (χ1n) is 7.53. The highest BCUT2D eigenvalue weighted by Crippen LogP contribution is 2.30. The number of nitrogens with zero attached hydrogens (tertiary/aromatic N) is 1. The quantitative estimate of drug-likeness (QED) is 0.473. The summed E-state index contributed by atoms with van der Waals surface area (Å²) in [5, 5.41) is 2.41. The molecule has 0 bridgehead atoms. The Kier molecular flexibility index (Phi) is 7.32. The number of hydrogen-bond acceptors (Lipinski definition) is 3. The molecule has 0 spiro atoms. The van der Waals surface area contributed by atoms with Crippen LogP contribution in [0.4, 0.5) is 4.79 Å². The minimum absolute atomic E-state index is 0.251. The molecule has 6 heteroatoms. The molecule has 0 aromatic heterocycles. The van der Waals surface area contributed by atoms with Gasteiger partial charge in [-0.2, -0.15) is 0 Å². The van der Waals surface area contributed by atoms with Crippen LogP contribution in [-0.2, 0) is 9.47 Å². The second-order valence-electron chi connectivity index (χ2n) is 5.74. The maximum Gasteiger partial charge on any atom is 0.324 e. The molecule has 23 heavy (non-hydrogen) atoms. The number of carbonyl (C=O) groups is 1. The van der Waals surface area contributed by atoms with Crippen LogP contribution in [0.5, 0.6) is 0 Å². The number of halogens is 1. The molecule has 0 fully saturated rings. The summed E-state index contributed by atoms with van der Waals surface area (Å²) < 4.78 is 11.0. The largest absolute Gasteiger partial charge is 0.375 e. The summed E-state index contributed by atoms with van der Waals surface area (Å²) in [6.07, 6.45) is 2.96. The summed E-state index contributed by atoms with van der Waals surface area (Å²) >= 11 is 6.28. The fraction of sp³-hybridized carbons (Fsp3) is 0.588. The number of carbonyl (C=O) groups excluding carboxylic acids is 1. The first-order valence-corrected chi connectivity index (χ1v) is 7.97. The minimum Gasteiger partial charge on any atom is -0.375 e. The van der Waals surface area contributed by atoms with Gasteiger partial charge in [-0.1, -0.05) is 11.6 Å². The number of amides is 2. The second kappa shape index (κ2) is 8.52. The molecule has 2 amide bonds. The highest BCUT2D eigenvalue weighted by atomic mass is 35.5. The molecule has 3 unspecified atom stereocenters. The van der Waals surface area contributed by atoms with E-state index in [-0.39, 0.29) is 17.5 Å². The molecule has 0 radical (unpaired) electrons. The lowest BCUT2D eigenvalue weighted by Gasteiger charge is -2.36. The third-order valence-corrected chi connectivity index (χ3v) is 4.40. The topological polar surface area (TPSA) is 50.8 Å². The molecule has 0 aromatic carbocycles. The van der Waals surface area contributed by atoms with Gasteiger partial charge >= 0.3 is 6.03 Å². The molecule has 0 saturated carbocycles. The molecule has 5 nitrogen and oxygen atoms in total. The lowest BCUT2D eigenvalue weighted by atomic mass is 9.99. The van der Waals surface area contributed by atoms with Crippen LogP contribution >= 0.6 is 11.6 Å². The zero-order chi connectivity index (χ0) is 17.7. The van der Waals surface area contributed by atoms with Gasteiger partial charge in [-0.25, -0.2) is 4.79 Å². The zero-order valence-electron chi connectivity index (χ0n) is 14.9. The molecule has 0 heterocycles. The van der Waals surface area contributed by atoms with Crippen LogP contribution in [0.2, 0.25) is 0 Å². The third-order valence-electron chi connectivity index (χ3n) is 4.03. The highest BCUT2D eigenvalue weighted by Gasteiger charge is 2.32. The first-order chi connectivity index (χ1) is 10.8. The Morgan fingerprint density at radius 3 is 2.35 bits per heavy atom. The van der Waals surface area contributed by atoms with Crippen LogP contribution in [0, 0.1) is 0 Å². The monoisotopic (exact) mass is 342 g/mol. The standard InChI is InChI=1S/C17H27ClN2O3/c1-10(2)12(4)16(23-7)20(17(21)19-5)14-9-15(22-6)13(18)8-11(14)3/h8-9,13,15-16H,1-7H3,(H,19,21). The number of methoxy groups -OCH3 is 2. The summed E-state index contributed by atoms with van der Waals surface area (Å²) in [6, 6.07) is -0.251. The second-order valence-corrected chi connectivity index (χ2v) is 6.25. The zero-order valence-corrected chi connectivity index (χ0v) is 15.7. The number of ether oxygens (including phenoxy) is 2. The van der Waals surface area contributed by atoms with Crippen LogP contribution in [-0.4, -0.2) is 49.9 Å². The van der Waals surface area contributed by atoms with E-state index < -0.39 is 6.23 Å². The first kappa shape index (κ1) is 19.7. The molecule has 1 rings (SSSR count). The van der Waals surface area contributed by atoms with Gasteiger partial charge in [0, 0.05) is 27.0 Å². The Labute approximate surface area is 144 Å². The molecule has 1 aliphatic rings. The highest BCUT2D eigenvalue weighted by molar-refractivity contribution is 6.22. The number of hydrogen-bond donors (Lipinski definition) is 1. The van der Waals surface area contributed by atoms with Crippen molar-refractivity contribution in [3.63, 3.8) is 0 Å². The Morgan fingerprint density at radius 2 is 1.91 bits per heavy atom. The lowest BCUT2D eigenvalue weighted by Crippen LogP contribution is -2.47. The van der Waals surface area contributed by atoms with E-state index in [0.717, 1.165) is 22.4 Å². The number of alkyl halides is 1. The van der Waals surface area contributed by atoms with Gasteiger partial charge in [0.1, 0.15) is 0 Å². The number of nitrogens with one attached hydrogen (secondary N) is 1. The van der Waals surface area contributed by atoms with Crippen LogP contribution in [0.3, 0.4) is 0 Å². The molecule has 0 aromatic rings. The summed E-state index contributed by atoms with van der Waals surface area (Å²) in [7, 11) is 4.79. The van der Waals surface area contributed by atoms with Gasteiger partial charge in [-0.15, -0.1) is 11.6 Å². The van der Waals surface area contributed by atoms with Gasteiger partial charge in [0.15, 0.2) is 6.23 Å². The van der Waals surface area contributed by atoms with E-state index in [1.807, 2.05) is 39.8 Å². The molecule has 1 aliphatic carbocycles. The Hall–Kier alpha value is -1.30. The molecule has 3 atom stereocenters. The van der Waals surface area contributed by atoms with Crippen molar-refractivity contribution in [2.75, 3.05) is 21.3 Å². The van der Waals surface area contributed by atoms with Crippen LogP contribution in [0.15, 0.2) is 34.6 Å². The van der Waals surface area contributed by atoms with Crippen molar-refractivity contribution in [3.05, 3.63) is 34.6 Å². The SMILES string of the molecule is CNC(=O)N(C1=CC(OC)C(Cl)C=C1C)C(OC)C(C)=C(C)C. The number of allylic oxidation sites excluding steroid dienone is 2. The third kappa shape index (κ3) is 4.37.